The molecule has 1 unspecified atom stereocenters. The van der Waals surface area contributed by atoms with Gasteiger partial charge < -0.3 is 14.6 Å². The lowest BCUT2D eigenvalue weighted by Gasteiger charge is -2.12. The molecule has 1 aromatic carbocycles. The molecule has 4 nitrogen and oxygen atoms in total. The van der Waals surface area contributed by atoms with Crippen molar-refractivity contribution in [1.82, 2.24) is 0 Å². The third-order valence-electron chi connectivity index (χ3n) is 2.34. The molecule has 0 aliphatic carbocycles. The summed E-state index contributed by atoms with van der Waals surface area (Å²) in [6, 6.07) is 4.82. The number of phenolic OH excluding ortho intramolecular Hbond substituents is 1. The summed E-state index contributed by atoms with van der Waals surface area (Å²) in [5, 5.41) is 9.42. The summed E-state index contributed by atoms with van der Waals surface area (Å²) < 4.78 is 9.89. The Morgan fingerprint density at radius 3 is 2.75 bits per heavy atom. The van der Waals surface area contributed by atoms with Crippen molar-refractivity contribution in [3.63, 3.8) is 0 Å². The fourth-order valence-corrected chi connectivity index (χ4v) is 1.37. The number of methoxy groups -OCH3 is 1. The Kier molecular flexibility index (Phi) is 4.17. The van der Waals surface area contributed by atoms with Gasteiger partial charge in [-0.25, -0.2) is 0 Å². The van der Waals surface area contributed by atoms with Gasteiger partial charge in [0.1, 0.15) is 0 Å². The second-order valence-corrected chi connectivity index (χ2v) is 3.41. The van der Waals surface area contributed by atoms with Gasteiger partial charge in [-0.2, -0.15) is 0 Å². The second-order valence-electron chi connectivity index (χ2n) is 3.41. The molecule has 16 heavy (non-hydrogen) atoms. The van der Waals surface area contributed by atoms with Crippen LogP contribution in [0, 0.1) is 0 Å². The van der Waals surface area contributed by atoms with Crippen LogP contribution in [0.25, 0.3) is 0 Å². The molecule has 4 heteroatoms. The van der Waals surface area contributed by atoms with E-state index in [1.165, 1.54) is 13.2 Å². The minimum Gasteiger partial charge on any atom is -0.504 e. The molecule has 0 saturated heterocycles. The molecule has 0 heterocycles. The van der Waals surface area contributed by atoms with E-state index in [0.717, 1.165) is 5.56 Å². The number of carbonyl (C=O) groups is 1. The van der Waals surface area contributed by atoms with Crippen molar-refractivity contribution in [2.45, 2.75) is 19.8 Å². The van der Waals surface area contributed by atoms with Crippen LogP contribution in [0.5, 0.6) is 11.5 Å². The Bertz CT molecular complexity index is 373. The average molecular weight is 224 g/mol. The number of phenols is 1. The van der Waals surface area contributed by atoms with E-state index in [2.05, 4.69) is 0 Å². The largest absolute Gasteiger partial charge is 0.504 e. The lowest BCUT2D eigenvalue weighted by molar-refractivity contribution is -0.144. The van der Waals surface area contributed by atoms with Crippen molar-refractivity contribution in [3.8, 4) is 11.5 Å². The minimum atomic E-state index is -0.366. The highest BCUT2D eigenvalue weighted by molar-refractivity contribution is 5.78. The monoisotopic (exact) mass is 224 g/mol. The van der Waals surface area contributed by atoms with Crippen LogP contribution in [0.15, 0.2) is 18.2 Å². The molecule has 0 fully saturated rings. The number of benzene rings is 1. The molecule has 1 atom stereocenters. The van der Waals surface area contributed by atoms with Crippen LogP contribution in [-0.2, 0) is 9.53 Å². The molecular formula is C12H16O4. The zero-order valence-corrected chi connectivity index (χ0v) is 9.69. The van der Waals surface area contributed by atoms with E-state index in [1.54, 1.807) is 26.0 Å². The highest BCUT2D eigenvalue weighted by atomic mass is 16.5. The first-order chi connectivity index (χ1) is 7.60. The highest BCUT2D eigenvalue weighted by Crippen LogP contribution is 2.29. The van der Waals surface area contributed by atoms with Gasteiger partial charge in [0.25, 0.3) is 0 Å². The quantitative estimate of drug-likeness (QED) is 0.795. The van der Waals surface area contributed by atoms with Crippen LogP contribution >= 0.6 is 0 Å². The van der Waals surface area contributed by atoms with E-state index >= 15 is 0 Å². The third kappa shape index (κ3) is 2.66. The zero-order valence-electron chi connectivity index (χ0n) is 9.69. The number of esters is 1. The molecule has 0 radical (unpaired) electrons. The smallest absolute Gasteiger partial charge is 0.313 e. The molecule has 0 aliphatic heterocycles. The molecule has 0 bridgehead atoms. The van der Waals surface area contributed by atoms with Gasteiger partial charge in [-0.3, -0.25) is 4.79 Å². The van der Waals surface area contributed by atoms with E-state index in [-0.39, 0.29) is 17.6 Å². The summed E-state index contributed by atoms with van der Waals surface area (Å²) in [5.41, 5.74) is 0.758. The normalized spacial score (nSPS) is 11.9. The van der Waals surface area contributed by atoms with Gasteiger partial charge >= 0.3 is 5.97 Å². The van der Waals surface area contributed by atoms with Gasteiger partial charge in [-0.1, -0.05) is 6.07 Å². The molecule has 0 aromatic heterocycles. The Balaban J connectivity index is 2.91. The fraction of sp³-hybridized carbons (Fsp3) is 0.417. The van der Waals surface area contributed by atoms with Crippen molar-refractivity contribution in [2.75, 3.05) is 13.7 Å². The molecule has 88 valence electrons. The van der Waals surface area contributed by atoms with E-state index in [4.69, 9.17) is 9.47 Å². The molecule has 0 aliphatic rings. The maximum absolute atomic E-state index is 11.5. The molecule has 1 aromatic rings. The molecule has 1 rings (SSSR count). The van der Waals surface area contributed by atoms with Crippen molar-refractivity contribution in [2.24, 2.45) is 0 Å². The number of rotatable bonds is 4. The predicted octanol–water partition coefficient (Wildman–Crippen LogP) is 2.07. The van der Waals surface area contributed by atoms with Crippen LogP contribution in [0.4, 0.5) is 0 Å². The highest BCUT2D eigenvalue weighted by Gasteiger charge is 2.17. The van der Waals surface area contributed by atoms with Crippen LogP contribution in [0.2, 0.25) is 0 Å². The van der Waals surface area contributed by atoms with Gasteiger partial charge in [0, 0.05) is 0 Å². The first kappa shape index (κ1) is 12.4. The van der Waals surface area contributed by atoms with Crippen molar-refractivity contribution < 1.29 is 19.4 Å². The number of ether oxygens (including phenoxy) is 2. The van der Waals surface area contributed by atoms with E-state index in [9.17, 15) is 9.90 Å². The Labute approximate surface area is 94.8 Å². The zero-order chi connectivity index (χ0) is 12.1. The van der Waals surface area contributed by atoms with Crippen LogP contribution in [0.1, 0.15) is 25.3 Å². The first-order valence-electron chi connectivity index (χ1n) is 5.13. The number of hydrogen-bond acceptors (Lipinski definition) is 4. The standard InChI is InChI=1S/C12H16O4/c1-4-16-12(14)8(2)9-5-6-10(13)11(7-9)15-3/h5-8,13H,4H2,1-3H3. The van der Waals surface area contributed by atoms with Crippen LogP contribution in [-0.4, -0.2) is 24.8 Å². The lowest BCUT2D eigenvalue weighted by atomic mass is 10.0. The van der Waals surface area contributed by atoms with Gasteiger partial charge in [0.05, 0.1) is 19.6 Å². The van der Waals surface area contributed by atoms with Gasteiger partial charge in [0.2, 0.25) is 0 Å². The second kappa shape index (κ2) is 5.39. The molecule has 1 N–H and O–H groups in total. The van der Waals surface area contributed by atoms with E-state index in [0.29, 0.717) is 12.4 Å². The fourth-order valence-electron chi connectivity index (χ4n) is 1.37. The predicted molar refractivity (Wildman–Crippen MR) is 59.7 cm³/mol. The first-order valence-corrected chi connectivity index (χ1v) is 5.13. The average Bonchev–Trinajstić information content (AvgIpc) is 2.29. The molecule has 0 spiro atoms. The van der Waals surface area contributed by atoms with Crippen molar-refractivity contribution in [3.05, 3.63) is 23.8 Å². The van der Waals surface area contributed by atoms with Gasteiger partial charge in [-0.05, 0) is 31.5 Å². The molecular weight excluding hydrogens is 208 g/mol. The maximum atomic E-state index is 11.5. The SMILES string of the molecule is CCOC(=O)C(C)c1ccc(O)c(OC)c1. The van der Waals surface area contributed by atoms with Crippen LogP contribution in [0.3, 0.4) is 0 Å². The molecule has 0 saturated carbocycles. The number of carbonyl (C=O) groups excluding carboxylic acids is 1. The van der Waals surface area contributed by atoms with Crippen molar-refractivity contribution in [1.29, 1.82) is 0 Å². The van der Waals surface area contributed by atoms with E-state index in [1.807, 2.05) is 0 Å². The maximum Gasteiger partial charge on any atom is 0.313 e. The Morgan fingerprint density at radius 2 is 2.19 bits per heavy atom. The van der Waals surface area contributed by atoms with Gasteiger partial charge in [0.15, 0.2) is 11.5 Å². The summed E-state index contributed by atoms with van der Waals surface area (Å²) in [6.07, 6.45) is 0. The summed E-state index contributed by atoms with van der Waals surface area (Å²) in [6.45, 7) is 3.88. The summed E-state index contributed by atoms with van der Waals surface area (Å²) in [5.74, 6) is -0.236. The van der Waals surface area contributed by atoms with Gasteiger partial charge in [-0.15, -0.1) is 0 Å². The topological polar surface area (TPSA) is 55.8 Å². The summed E-state index contributed by atoms with van der Waals surface area (Å²) >= 11 is 0. The number of aromatic hydroxyl groups is 1. The Morgan fingerprint density at radius 1 is 1.50 bits per heavy atom. The van der Waals surface area contributed by atoms with E-state index < -0.39 is 0 Å². The summed E-state index contributed by atoms with van der Waals surface area (Å²) in [4.78, 5) is 11.5. The Hall–Kier alpha value is -1.71. The number of hydrogen-bond donors (Lipinski definition) is 1. The molecule has 0 amide bonds. The summed E-state index contributed by atoms with van der Waals surface area (Å²) in [7, 11) is 1.47. The van der Waals surface area contributed by atoms with Crippen LogP contribution < -0.4 is 4.74 Å². The van der Waals surface area contributed by atoms with Crippen molar-refractivity contribution >= 4 is 5.97 Å². The lowest BCUT2D eigenvalue weighted by Crippen LogP contribution is -2.12. The third-order valence-corrected chi connectivity index (χ3v) is 2.34. The minimum absolute atomic E-state index is 0.0577.